The molecular formula is C14H17N3S. The number of hydrogen-bond donors (Lipinski definition) is 1. The molecule has 3 nitrogen and oxygen atoms in total. The van der Waals surface area contributed by atoms with E-state index in [0.717, 1.165) is 17.0 Å². The Morgan fingerprint density at radius 2 is 1.94 bits per heavy atom. The molecule has 0 saturated heterocycles. The summed E-state index contributed by atoms with van der Waals surface area (Å²) in [7, 11) is 0. The zero-order valence-corrected chi connectivity index (χ0v) is 11.4. The Kier molecular flexibility index (Phi) is 4.33. The van der Waals surface area contributed by atoms with Crippen molar-refractivity contribution in [2.24, 2.45) is 5.73 Å². The summed E-state index contributed by atoms with van der Waals surface area (Å²) in [6.07, 6.45) is 1.76. The van der Waals surface area contributed by atoms with E-state index in [1.54, 1.807) is 6.20 Å². The molecule has 0 amide bonds. The Bertz CT molecular complexity index is 509. The van der Waals surface area contributed by atoms with Gasteiger partial charge in [0.1, 0.15) is 5.82 Å². The highest BCUT2D eigenvalue weighted by Gasteiger charge is 2.05. The SMILES string of the molecule is CCSc1ccc(-c2ccnc(C(C)N)n2)cc1. The van der Waals surface area contributed by atoms with Crippen LogP contribution in [0.5, 0.6) is 0 Å². The highest BCUT2D eigenvalue weighted by atomic mass is 32.2. The normalized spacial score (nSPS) is 12.4. The first-order valence-corrected chi connectivity index (χ1v) is 7.01. The van der Waals surface area contributed by atoms with Gasteiger partial charge in [-0.15, -0.1) is 11.8 Å². The van der Waals surface area contributed by atoms with Gasteiger partial charge >= 0.3 is 0 Å². The highest BCUT2D eigenvalue weighted by molar-refractivity contribution is 7.99. The van der Waals surface area contributed by atoms with Crippen LogP contribution in [0.25, 0.3) is 11.3 Å². The largest absolute Gasteiger partial charge is 0.322 e. The topological polar surface area (TPSA) is 51.8 Å². The molecule has 1 aromatic heterocycles. The Hall–Kier alpha value is -1.39. The van der Waals surface area contributed by atoms with E-state index in [4.69, 9.17) is 5.73 Å². The molecule has 0 fully saturated rings. The van der Waals surface area contributed by atoms with Crippen molar-refractivity contribution >= 4 is 11.8 Å². The van der Waals surface area contributed by atoms with Gasteiger partial charge in [-0.25, -0.2) is 9.97 Å². The van der Waals surface area contributed by atoms with Crippen molar-refractivity contribution in [1.29, 1.82) is 0 Å². The van der Waals surface area contributed by atoms with Gasteiger partial charge in [-0.2, -0.15) is 0 Å². The lowest BCUT2D eigenvalue weighted by molar-refractivity contribution is 0.741. The zero-order valence-electron chi connectivity index (χ0n) is 10.6. The molecule has 2 N–H and O–H groups in total. The van der Waals surface area contributed by atoms with E-state index in [0.29, 0.717) is 5.82 Å². The molecule has 4 heteroatoms. The minimum atomic E-state index is -0.139. The van der Waals surface area contributed by atoms with Crippen LogP contribution in [0, 0.1) is 0 Å². The standard InChI is InChI=1S/C14H17N3S/c1-3-18-12-6-4-11(5-7-12)13-8-9-16-14(17-13)10(2)15/h4-10H,3,15H2,1-2H3. The van der Waals surface area contributed by atoms with Crippen molar-refractivity contribution in [3.8, 4) is 11.3 Å². The van der Waals surface area contributed by atoms with Crippen LogP contribution in [0.4, 0.5) is 0 Å². The number of rotatable bonds is 4. The summed E-state index contributed by atoms with van der Waals surface area (Å²) >= 11 is 1.83. The van der Waals surface area contributed by atoms with Crippen LogP contribution in [0.2, 0.25) is 0 Å². The maximum Gasteiger partial charge on any atom is 0.145 e. The van der Waals surface area contributed by atoms with Gasteiger partial charge in [0.05, 0.1) is 11.7 Å². The van der Waals surface area contributed by atoms with Gasteiger partial charge in [-0.1, -0.05) is 19.1 Å². The Balaban J connectivity index is 2.28. The molecule has 2 rings (SSSR count). The molecule has 0 radical (unpaired) electrons. The Labute approximate surface area is 112 Å². The molecule has 1 atom stereocenters. The van der Waals surface area contributed by atoms with E-state index < -0.39 is 0 Å². The van der Waals surface area contributed by atoms with Crippen LogP contribution >= 0.6 is 11.8 Å². The third kappa shape index (κ3) is 3.09. The first kappa shape index (κ1) is 13.1. The van der Waals surface area contributed by atoms with Crippen molar-refractivity contribution in [3.05, 3.63) is 42.4 Å². The minimum Gasteiger partial charge on any atom is -0.322 e. The molecule has 18 heavy (non-hydrogen) atoms. The number of nitrogens with zero attached hydrogens (tertiary/aromatic N) is 2. The summed E-state index contributed by atoms with van der Waals surface area (Å²) in [5, 5.41) is 0. The van der Waals surface area contributed by atoms with Crippen molar-refractivity contribution in [1.82, 2.24) is 9.97 Å². The second-order valence-electron chi connectivity index (χ2n) is 4.05. The number of benzene rings is 1. The van der Waals surface area contributed by atoms with Gasteiger partial charge in [-0.05, 0) is 30.9 Å². The molecule has 1 unspecified atom stereocenters. The number of aromatic nitrogens is 2. The van der Waals surface area contributed by atoms with E-state index >= 15 is 0 Å². The summed E-state index contributed by atoms with van der Waals surface area (Å²) in [5.41, 5.74) is 7.81. The molecule has 0 aliphatic heterocycles. The monoisotopic (exact) mass is 259 g/mol. The van der Waals surface area contributed by atoms with Gasteiger partial charge in [0.25, 0.3) is 0 Å². The Morgan fingerprint density at radius 1 is 1.22 bits per heavy atom. The van der Waals surface area contributed by atoms with E-state index in [-0.39, 0.29) is 6.04 Å². The number of hydrogen-bond acceptors (Lipinski definition) is 4. The van der Waals surface area contributed by atoms with Gasteiger partial charge in [0.15, 0.2) is 0 Å². The molecule has 0 aliphatic rings. The lowest BCUT2D eigenvalue weighted by Crippen LogP contribution is -2.09. The molecule has 2 aromatic rings. The molecule has 1 heterocycles. The van der Waals surface area contributed by atoms with Crippen LogP contribution < -0.4 is 5.73 Å². The number of nitrogens with two attached hydrogens (primary N) is 1. The lowest BCUT2D eigenvalue weighted by Gasteiger charge is -2.07. The van der Waals surface area contributed by atoms with Crippen molar-refractivity contribution in [2.75, 3.05) is 5.75 Å². The predicted molar refractivity (Wildman–Crippen MR) is 76.5 cm³/mol. The lowest BCUT2D eigenvalue weighted by atomic mass is 10.1. The average molecular weight is 259 g/mol. The van der Waals surface area contributed by atoms with E-state index in [9.17, 15) is 0 Å². The quantitative estimate of drug-likeness (QED) is 0.856. The van der Waals surface area contributed by atoms with Crippen molar-refractivity contribution in [3.63, 3.8) is 0 Å². The molecule has 94 valence electrons. The summed E-state index contributed by atoms with van der Waals surface area (Å²) in [6.45, 7) is 4.04. The van der Waals surface area contributed by atoms with Crippen molar-refractivity contribution in [2.45, 2.75) is 24.8 Å². The zero-order chi connectivity index (χ0) is 13.0. The third-order valence-electron chi connectivity index (χ3n) is 2.54. The van der Waals surface area contributed by atoms with Gasteiger partial charge in [0, 0.05) is 16.7 Å². The smallest absolute Gasteiger partial charge is 0.145 e. The minimum absolute atomic E-state index is 0.139. The predicted octanol–water partition coefficient (Wildman–Crippen LogP) is 3.28. The molecule has 0 bridgehead atoms. The van der Waals surface area contributed by atoms with Gasteiger partial charge < -0.3 is 5.73 Å². The molecule has 0 spiro atoms. The molecule has 0 saturated carbocycles. The van der Waals surface area contributed by atoms with Gasteiger partial charge in [0.2, 0.25) is 0 Å². The van der Waals surface area contributed by atoms with Crippen LogP contribution in [-0.4, -0.2) is 15.7 Å². The maximum absolute atomic E-state index is 5.80. The van der Waals surface area contributed by atoms with Crippen LogP contribution in [0.3, 0.4) is 0 Å². The fraction of sp³-hybridized carbons (Fsp3) is 0.286. The van der Waals surface area contributed by atoms with Crippen LogP contribution in [-0.2, 0) is 0 Å². The highest BCUT2D eigenvalue weighted by Crippen LogP contribution is 2.23. The fourth-order valence-electron chi connectivity index (χ4n) is 1.64. The summed E-state index contributed by atoms with van der Waals surface area (Å²) in [4.78, 5) is 9.93. The second kappa shape index (κ2) is 5.98. The second-order valence-corrected chi connectivity index (χ2v) is 5.38. The first-order valence-electron chi connectivity index (χ1n) is 6.02. The van der Waals surface area contributed by atoms with E-state index in [1.165, 1.54) is 4.90 Å². The molecule has 0 aliphatic carbocycles. The van der Waals surface area contributed by atoms with Crippen molar-refractivity contribution < 1.29 is 0 Å². The maximum atomic E-state index is 5.80. The fourth-order valence-corrected chi connectivity index (χ4v) is 2.30. The van der Waals surface area contributed by atoms with Gasteiger partial charge in [-0.3, -0.25) is 0 Å². The first-order chi connectivity index (χ1) is 8.70. The summed E-state index contributed by atoms with van der Waals surface area (Å²) in [5.74, 6) is 1.77. The van der Waals surface area contributed by atoms with Crippen LogP contribution in [0.15, 0.2) is 41.4 Å². The summed E-state index contributed by atoms with van der Waals surface area (Å²) < 4.78 is 0. The van der Waals surface area contributed by atoms with Crippen LogP contribution in [0.1, 0.15) is 25.7 Å². The average Bonchev–Trinajstić information content (AvgIpc) is 2.40. The third-order valence-corrected chi connectivity index (χ3v) is 3.44. The Morgan fingerprint density at radius 3 is 2.56 bits per heavy atom. The molecule has 1 aromatic carbocycles. The molecular weight excluding hydrogens is 242 g/mol. The number of thioether (sulfide) groups is 1. The summed E-state index contributed by atoms with van der Waals surface area (Å²) in [6, 6.07) is 10.2. The van der Waals surface area contributed by atoms with E-state index in [1.807, 2.05) is 24.8 Å². The van der Waals surface area contributed by atoms with E-state index in [2.05, 4.69) is 41.2 Å².